The number of fused-ring (bicyclic) bond motifs is 1. The first-order valence-corrected chi connectivity index (χ1v) is 12.0. The lowest BCUT2D eigenvalue weighted by atomic mass is 10.1. The lowest BCUT2D eigenvalue weighted by Crippen LogP contribution is -2.18. The molecule has 1 amide bonds. The standard InChI is InChI=1S/C28H31N5O3/c1-5-19-8-10-20(11-9-19)14-30-22-13-23-24(32-27(34)21-7-6-12-29-15-21)25(28(35)36-4)33(17-18(2)3)26(23)31-16-22/h6-13,15-16,18,30H,5,14,17H2,1-4H3,(H,32,34). The van der Waals surface area contributed by atoms with Gasteiger partial charge in [-0.1, -0.05) is 45.0 Å². The zero-order chi connectivity index (χ0) is 25.7. The maximum Gasteiger partial charge on any atom is 0.356 e. The average molecular weight is 486 g/mol. The third-order valence-corrected chi connectivity index (χ3v) is 5.91. The first-order valence-electron chi connectivity index (χ1n) is 12.0. The molecule has 0 unspecified atom stereocenters. The van der Waals surface area contributed by atoms with Gasteiger partial charge in [0.25, 0.3) is 5.91 Å². The molecule has 4 aromatic rings. The molecule has 0 spiro atoms. The molecule has 186 valence electrons. The van der Waals surface area contributed by atoms with Crippen molar-refractivity contribution in [3.8, 4) is 0 Å². The van der Waals surface area contributed by atoms with E-state index in [0.29, 0.717) is 35.4 Å². The molecule has 0 bridgehead atoms. The fourth-order valence-electron chi connectivity index (χ4n) is 4.08. The first-order chi connectivity index (χ1) is 17.4. The van der Waals surface area contributed by atoms with Crippen molar-refractivity contribution < 1.29 is 14.3 Å². The summed E-state index contributed by atoms with van der Waals surface area (Å²) in [7, 11) is 1.33. The Kier molecular flexibility index (Phi) is 7.63. The SMILES string of the molecule is CCc1ccc(CNc2cnc3c(c2)c(NC(=O)c2cccnc2)c(C(=O)OC)n3CC(C)C)cc1. The minimum Gasteiger partial charge on any atom is -0.464 e. The van der Waals surface area contributed by atoms with Gasteiger partial charge in [0, 0.05) is 30.9 Å². The van der Waals surface area contributed by atoms with Crippen LogP contribution in [-0.2, 0) is 24.2 Å². The molecule has 0 saturated heterocycles. The normalized spacial score (nSPS) is 11.0. The number of nitrogens with zero attached hydrogens (tertiary/aromatic N) is 3. The van der Waals surface area contributed by atoms with Gasteiger partial charge in [-0.05, 0) is 41.7 Å². The fourth-order valence-corrected chi connectivity index (χ4v) is 4.08. The second-order valence-corrected chi connectivity index (χ2v) is 9.03. The highest BCUT2D eigenvalue weighted by Gasteiger charge is 2.27. The number of methoxy groups -OCH3 is 1. The summed E-state index contributed by atoms with van der Waals surface area (Å²) in [5, 5.41) is 6.98. The van der Waals surface area contributed by atoms with Gasteiger partial charge < -0.3 is 19.9 Å². The Hall–Kier alpha value is -4.20. The van der Waals surface area contributed by atoms with Gasteiger partial charge in [0.1, 0.15) is 5.65 Å². The summed E-state index contributed by atoms with van der Waals surface area (Å²) >= 11 is 0. The van der Waals surface area contributed by atoms with Gasteiger partial charge >= 0.3 is 5.97 Å². The molecule has 4 rings (SSSR count). The topological polar surface area (TPSA) is 98.1 Å². The van der Waals surface area contributed by atoms with Crippen molar-refractivity contribution >= 4 is 34.3 Å². The molecular weight excluding hydrogens is 454 g/mol. The predicted molar refractivity (Wildman–Crippen MR) is 141 cm³/mol. The molecular formula is C28H31N5O3. The number of hydrogen-bond acceptors (Lipinski definition) is 6. The Labute approximate surface area is 210 Å². The number of hydrogen-bond donors (Lipinski definition) is 2. The van der Waals surface area contributed by atoms with E-state index in [1.54, 1.807) is 24.5 Å². The molecule has 36 heavy (non-hydrogen) atoms. The third-order valence-electron chi connectivity index (χ3n) is 5.91. The van der Waals surface area contributed by atoms with Gasteiger partial charge in [-0.25, -0.2) is 9.78 Å². The minimum absolute atomic E-state index is 0.233. The van der Waals surface area contributed by atoms with E-state index in [1.807, 2.05) is 10.6 Å². The van der Waals surface area contributed by atoms with E-state index in [2.05, 4.69) is 65.6 Å². The highest BCUT2D eigenvalue weighted by molar-refractivity contribution is 6.14. The van der Waals surface area contributed by atoms with Crippen molar-refractivity contribution in [1.82, 2.24) is 14.5 Å². The summed E-state index contributed by atoms with van der Waals surface area (Å²) in [6.07, 6.45) is 5.82. The van der Waals surface area contributed by atoms with Crippen molar-refractivity contribution in [1.29, 1.82) is 0 Å². The quantitative estimate of drug-likeness (QED) is 0.312. The number of ether oxygens (including phenoxy) is 1. The Morgan fingerprint density at radius 1 is 1.08 bits per heavy atom. The van der Waals surface area contributed by atoms with E-state index in [-0.39, 0.29) is 17.5 Å². The summed E-state index contributed by atoms with van der Waals surface area (Å²) in [6.45, 7) is 7.40. The lowest BCUT2D eigenvalue weighted by molar-refractivity contribution is 0.0589. The maximum absolute atomic E-state index is 13.1. The highest BCUT2D eigenvalue weighted by atomic mass is 16.5. The number of anilines is 2. The summed E-state index contributed by atoms with van der Waals surface area (Å²) in [5.74, 6) is -0.677. The molecule has 0 aliphatic rings. The second kappa shape index (κ2) is 11.0. The number of esters is 1. The van der Waals surface area contributed by atoms with E-state index in [9.17, 15) is 9.59 Å². The summed E-state index contributed by atoms with van der Waals surface area (Å²) in [5.41, 5.74) is 4.83. The van der Waals surface area contributed by atoms with E-state index in [0.717, 1.165) is 17.7 Å². The molecule has 8 heteroatoms. The van der Waals surface area contributed by atoms with Crippen LogP contribution in [0.5, 0.6) is 0 Å². The maximum atomic E-state index is 13.1. The van der Waals surface area contributed by atoms with E-state index in [1.165, 1.54) is 18.9 Å². The van der Waals surface area contributed by atoms with Crippen LogP contribution in [0.2, 0.25) is 0 Å². The van der Waals surface area contributed by atoms with Crippen LogP contribution >= 0.6 is 0 Å². The zero-order valence-electron chi connectivity index (χ0n) is 21.0. The molecule has 0 fully saturated rings. The van der Waals surface area contributed by atoms with Gasteiger partial charge in [-0.3, -0.25) is 9.78 Å². The predicted octanol–water partition coefficient (Wildman–Crippen LogP) is 5.30. The van der Waals surface area contributed by atoms with Crippen molar-refractivity contribution in [3.63, 3.8) is 0 Å². The lowest BCUT2D eigenvalue weighted by Gasteiger charge is -2.12. The molecule has 0 aliphatic carbocycles. The summed E-state index contributed by atoms with van der Waals surface area (Å²) in [6, 6.07) is 13.7. The number of amides is 1. The number of carbonyl (C=O) groups excluding carboxylic acids is 2. The molecule has 8 nitrogen and oxygen atoms in total. The second-order valence-electron chi connectivity index (χ2n) is 9.03. The number of pyridine rings is 2. The van der Waals surface area contributed by atoms with Gasteiger partial charge in [0.15, 0.2) is 5.69 Å². The average Bonchev–Trinajstić information content (AvgIpc) is 3.19. The van der Waals surface area contributed by atoms with Gasteiger partial charge in [-0.15, -0.1) is 0 Å². The molecule has 0 atom stereocenters. The molecule has 3 aromatic heterocycles. The Morgan fingerprint density at radius 2 is 1.83 bits per heavy atom. The van der Waals surface area contributed by atoms with Crippen molar-refractivity contribution in [2.24, 2.45) is 5.92 Å². The zero-order valence-corrected chi connectivity index (χ0v) is 21.0. The molecule has 2 N–H and O–H groups in total. The van der Waals surface area contributed by atoms with Crippen molar-refractivity contribution in [3.05, 3.63) is 83.4 Å². The number of nitrogens with one attached hydrogen (secondary N) is 2. The minimum atomic E-state index is -0.541. The summed E-state index contributed by atoms with van der Waals surface area (Å²) in [4.78, 5) is 34.7. The molecule has 1 aromatic carbocycles. The fraction of sp³-hybridized carbons (Fsp3) is 0.286. The number of benzene rings is 1. The molecule has 0 aliphatic heterocycles. The van der Waals surface area contributed by atoms with Crippen LogP contribution in [0, 0.1) is 5.92 Å². The van der Waals surface area contributed by atoms with Crippen LogP contribution in [0.1, 0.15) is 52.7 Å². The van der Waals surface area contributed by atoms with Crippen LogP contribution in [0.4, 0.5) is 11.4 Å². The Balaban J connectivity index is 1.75. The van der Waals surface area contributed by atoms with Crippen LogP contribution in [0.15, 0.2) is 61.1 Å². The Morgan fingerprint density at radius 3 is 2.47 bits per heavy atom. The Bertz CT molecular complexity index is 1360. The van der Waals surface area contributed by atoms with E-state index >= 15 is 0 Å². The highest BCUT2D eigenvalue weighted by Crippen LogP contribution is 2.33. The molecule has 0 saturated carbocycles. The van der Waals surface area contributed by atoms with Crippen molar-refractivity contribution in [2.45, 2.75) is 40.3 Å². The third kappa shape index (κ3) is 5.38. The van der Waals surface area contributed by atoms with Crippen molar-refractivity contribution in [2.75, 3.05) is 17.7 Å². The molecule has 3 heterocycles. The van der Waals surface area contributed by atoms with Crippen LogP contribution in [-0.4, -0.2) is 33.5 Å². The van der Waals surface area contributed by atoms with Gasteiger partial charge in [0.05, 0.1) is 30.2 Å². The van der Waals surface area contributed by atoms with Crippen LogP contribution in [0.25, 0.3) is 11.0 Å². The van der Waals surface area contributed by atoms with Crippen LogP contribution < -0.4 is 10.6 Å². The number of rotatable bonds is 9. The number of aromatic nitrogens is 3. The number of aryl methyl sites for hydroxylation is 1. The number of carbonyl (C=O) groups is 2. The summed E-state index contributed by atoms with van der Waals surface area (Å²) < 4.78 is 6.92. The van der Waals surface area contributed by atoms with Crippen LogP contribution in [0.3, 0.4) is 0 Å². The smallest absolute Gasteiger partial charge is 0.356 e. The molecule has 0 radical (unpaired) electrons. The van der Waals surface area contributed by atoms with Gasteiger partial charge in [0.2, 0.25) is 0 Å². The van der Waals surface area contributed by atoms with E-state index in [4.69, 9.17) is 4.74 Å². The largest absolute Gasteiger partial charge is 0.464 e. The first kappa shape index (κ1) is 24.9. The van der Waals surface area contributed by atoms with Gasteiger partial charge in [-0.2, -0.15) is 0 Å². The van der Waals surface area contributed by atoms with E-state index < -0.39 is 5.97 Å². The monoisotopic (exact) mass is 485 g/mol.